The van der Waals surface area contributed by atoms with E-state index in [0.717, 1.165) is 66.3 Å². The van der Waals surface area contributed by atoms with Gasteiger partial charge in [0.1, 0.15) is 0 Å². The van der Waals surface area contributed by atoms with Crippen molar-refractivity contribution in [2.45, 2.75) is 45.7 Å². The molecule has 0 saturated carbocycles. The molecular weight excluding hydrogens is 306 g/mol. The van der Waals surface area contributed by atoms with Gasteiger partial charge in [-0.2, -0.15) is 5.10 Å². The minimum absolute atomic E-state index is 0.378. The first-order valence-corrected chi connectivity index (χ1v) is 8.44. The molecule has 0 aromatic carbocycles. The van der Waals surface area contributed by atoms with Crippen molar-refractivity contribution in [3.63, 3.8) is 0 Å². The van der Waals surface area contributed by atoms with Crippen LogP contribution in [-0.4, -0.2) is 39.7 Å². The number of nitrogens with one attached hydrogen (secondary N) is 1. The maximum Gasteiger partial charge on any atom is 0.236 e. The Bertz CT molecular complexity index is 777. The van der Waals surface area contributed by atoms with Crippen LogP contribution < -0.4 is 5.32 Å². The number of ether oxygens (including phenoxy) is 1. The summed E-state index contributed by atoms with van der Waals surface area (Å²) >= 11 is 0. The van der Waals surface area contributed by atoms with Crippen LogP contribution in [-0.2, 0) is 16.1 Å². The fourth-order valence-corrected chi connectivity index (χ4v) is 3.32. The van der Waals surface area contributed by atoms with E-state index in [-0.39, 0.29) is 0 Å². The molecule has 2 aromatic heterocycles. The summed E-state index contributed by atoms with van der Waals surface area (Å²) in [6, 6.07) is 0.378. The fraction of sp³-hybridized carbons (Fsp3) is 0.529. The Morgan fingerprint density at radius 1 is 1.38 bits per heavy atom. The largest absolute Gasteiger partial charge is 0.381 e. The van der Waals surface area contributed by atoms with Gasteiger partial charge in [-0.15, -0.1) is 0 Å². The number of anilines is 1. The molecule has 2 aliphatic heterocycles. The third-order valence-electron chi connectivity index (χ3n) is 4.58. The molecule has 126 valence electrons. The van der Waals surface area contributed by atoms with Gasteiger partial charge in [0, 0.05) is 44.0 Å². The van der Waals surface area contributed by atoms with Crippen molar-refractivity contribution in [3.05, 3.63) is 24.1 Å². The average Bonchev–Trinajstić information content (AvgIpc) is 3.24. The van der Waals surface area contributed by atoms with Gasteiger partial charge < -0.3 is 14.9 Å². The third kappa shape index (κ3) is 2.62. The number of hydrogen-bond donors (Lipinski definition) is 1. The highest BCUT2D eigenvalue weighted by molar-refractivity contribution is 6.11. The molecule has 7 nitrogen and oxygen atoms in total. The number of pyridine rings is 1. The number of rotatable bonds is 4. The zero-order chi connectivity index (χ0) is 16.5. The van der Waals surface area contributed by atoms with Crippen LogP contribution in [0.5, 0.6) is 0 Å². The van der Waals surface area contributed by atoms with Gasteiger partial charge in [-0.25, -0.2) is 9.67 Å². The molecule has 0 aliphatic carbocycles. The summed E-state index contributed by atoms with van der Waals surface area (Å²) < 4.78 is 7.42. The van der Waals surface area contributed by atoms with E-state index in [9.17, 15) is 0 Å². The Hall–Kier alpha value is -2.15. The molecule has 7 heteroatoms. The van der Waals surface area contributed by atoms with Gasteiger partial charge in [-0.05, 0) is 26.7 Å². The van der Waals surface area contributed by atoms with Gasteiger partial charge in [0.05, 0.1) is 22.5 Å². The average molecular weight is 327 g/mol. The van der Waals surface area contributed by atoms with E-state index in [1.165, 1.54) is 0 Å². The number of nitrogens with zero attached hydrogens (tertiary/aromatic N) is 4. The Morgan fingerprint density at radius 3 is 2.92 bits per heavy atom. The standard InChI is InChI=1S/C17H21N5O2/c1-3-22-17-15(11(2)20-22)16(19-12-4-7-23-8-5-12)13(10-18-17)14-6-9-24-21-14/h10,12H,3-8H2,1-2H3,(H,18,19). The van der Waals surface area contributed by atoms with Crippen LogP contribution in [0.15, 0.2) is 11.4 Å². The zero-order valence-corrected chi connectivity index (χ0v) is 14.0. The first-order valence-electron chi connectivity index (χ1n) is 8.44. The maximum absolute atomic E-state index is 5.48. The molecule has 2 aliphatic rings. The Kier molecular flexibility index (Phi) is 4.10. The van der Waals surface area contributed by atoms with Crippen molar-refractivity contribution in [2.75, 3.05) is 18.5 Å². The van der Waals surface area contributed by atoms with Crippen LogP contribution in [0, 0.1) is 13.5 Å². The number of aryl methyl sites for hydroxylation is 2. The second-order valence-corrected chi connectivity index (χ2v) is 6.13. The normalized spacial score (nSPS) is 18.7. The zero-order valence-electron chi connectivity index (χ0n) is 14.0. The lowest BCUT2D eigenvalue weighted by Gasteiger charge is -2.25. The molecule has 0 unspecified atom stereocenters. The van der Waals surface area contributed by atoms with Crippen molar-refractivity contribution >= 4 is 22.4 Å². The van der Waals surface area contributed by atoms with Gasteiger partial charge in [-0.1, -0.05) is 5.16 Å². The van der Waals surface area contributed by atoms with Gasteiger partial charge in [0.25, 0.3) is 0 Å². The summed E-state index contributed by atoms with van der Waals surface area (Å²) in [5.74, 6) is 0. The summed E-state index contributed by atoms with van der Waals surface area (Å²) in [6.45, 7) is 9.26. The minimum atomic E-state index is 0.378. The first kappa shape index (κ1) is 15.4. The van der Waals surface area contributed by atoms with E-state index in [1.807, 2.05) is 17.8 Å². The van der Waals surface area contributed by atoms with Crippen LogP contribution in [0.2, 0.25) is 0 Å². The molecule has 0 atom stereocenters. The summed E-state index contributed by atoms with van der Waals surface area (Å²) in [6.07, 6.45) is 4.42. The Morgan fingerprint density at radius 2 is 2.21 bits per heavy atom. The van der Waals surface area contributed by atoms with E-state index >= 15 is 0 Å². The quantitative estimate of drug-likeness (QED) is 0.934. The van der Waals surface area contributed by atoms with Crippen molar-refractivity contribution in [1.82, 2.24) is 14.8 Å². The lowest BCUT2D eigenvalue weighted by Crippen LogP contribution is -2.28. The van der Waals surface area contributed by atoms with Crippen molar-refractivity contribution < 1.29 is 9.57 Å². The summed E-state index contributed by atoms with van der Waals surface area (Å²) in [7, 11) is 0. The van der Waals surface area contributed by atoms with Crippen molar-refractivity contribution in [1.29, 1.82) is 0 Å². The molecular formula is C17H21N5O2. The Balaban J connectivity index is 1.84. The lowest BCUT2D eigenvalue weighted by molar-refractivity contribution is 0.0905. The molecule has 2 radical (unpaired) electrons. The number of aromatic nitrogens is 3. The van der Waals surface area contributed by atoms with E-state index in [1.54, 1.807) is 0 Å². The molecule has 2 aromatic rings. The van der Waals surface area contributed by atoms with Crippen LogP contribution in [0.4, 0.5) is 5.69 Å². The number of fused-ring (bicyclic) bond motifs is 1. The lowest BCUT2D eigenvalue weighted by atomic mass is 10.0. The molecule has 24 heavy (non-hydrogen) atoms. The number of oxime groups is 1. The molecule has 0 amide bonds. The minimum Gasteiger partial charge on any atom is -0.381 e. The van der Waals surface area contributed by atoms with Gasteiger partial charge >= 0.3 is 0 Å². The van der Waals surface area contributed by atoms with E-state index in [4.69, 9.17) is 9.57 Å². The van der Waals surface area contributed by atoms with Crippen LogP contribution in [0.3, 0.4) is 0 Å². The Labute approximate surface area is 141 Å². The first-order chi connectivity index (χ1) is 11.8. The molecule has 1 N–H and O–H groups in total. The monoisotopic (exact) mass is 327 g/mol. The third-order valence-corrected chi connectivity index (χ3v) is 4.58. The van der Waals surface area contributed by atoms with E-state index in [0.29, 0.717) is 12.5 Å². The van der Waals surface area contributed by atoms with Crippen molar-refractivity contribution in [3.8, 4) is 0 Å². The summed E-state index contributed by atoms with van der Waals surface area (Å²) in [5.41, 5.74) is 4.75. The summed E-state index contributed by atoms with van der Waals surface area (Å²) in [4.78, 5) is 9.61. The van der Waals surface area contributed by atoms with E-state index < -0.39 is 0 Å². The van der Waals surface area contributed by atoms with E-state index in [2.05, 4.69) is 34.1 Å². The highest BCUT2D eigenvalue weighted by atomic mass is 16.6. The highest BCUT2D eigenvalue weighted by Gasteiger charge is 2.24. The SMILES string of the molecule is CCn1nc(C)c2c(NC3CCOCC3)c(C3=NO[C]C3)cnc21. The predicted molar refractivity (Wildman–Crippen MR) is 90.9 cm³/mol. The summed E-state index contributed by atoms with van der Waals surface area (Å²) in [5, 5.41) is 13.5. The predicted octanol–water partition coefficient (Wildman–Crippen LogP) is 2.51. The molecule has 4 heterocycles. The van der Waals surface area contributed by atoms with Gasteiger partial charge in [-0.3, -0.25) is 0 Å². The topological polar surface area (TPSA) is 73.6 Å². The van der Waals surface area contributed by atoms with Gasteiger partial charge in [0.2, 0.25) is 6.61 Å². The molecule has 0 spiro atoms. The maximum atomic E-state index is 5.48. The molecule has 1 fully saturated rings. The molecule has 1 saturated heterocycles. The number of hydrogen-bond acceptors (Lipinski definition) is 6. The highest BCUT2D eigenvalue weighted by Crippen LogP contribution is 2.32. The van der Waals surface area contributed by atoms with Crippen LogP contribution in [0.25, 0.3) is 11.0 Å². The van der Waals surface area contributed by atoms with Gasteiger partial charge in [0.15, 0.2) is 5.65 Å². The van der Waals surface area contributed by atoms with Crippen LogP contribution >= 0.6 is 0 Å². The van der Waals surface area contributed by atoms with Crippen LogP contribution in [0.1, 0.15) is 37.4 Å². The second kappa shape index (κ2) is 6.39. The second-order valence-electron chi connectivity index (χ2n) is 6.13. The smallest absolute Gasteiger partial charge is 0.236 e. The molecule has 0 bridgehead atoms. The fourth-order valence-electron chi connectivity index (χ4n) is 3.32. The van der Waals surface area contributed by atoms with Crippen molar-refractivity contribution in [2.24, 2.45) is 5.16 Å². The molecule has 4 rings (SSSR count).